The van der Waals surface area contributed by atoms with E-state index >= 15 is 0 Å². The summed E-state index contributed by atoms with van der Waals surface area (Å²) in [5.41, 5.74) is -0.782. The second-order valence-corrected chi connectivity index (χ2v) is 4.46. The summed E-state index contributed by atoms with van der Waals surface area (Å²) in [4.78, 5) is 22.2. The minimum atomic E-state index is -1.11. The first-order valence-electron chi connectivity index (χ1n) is 4.69. The van der Waals surface area contributed by atoms with Crippen LogP contribution in [0.5, 0.6) is 0 Å². The van der Waals surface area contributed by atoms with E-state index in [1.54, 1.807) is 20.8 Å². The van der Waals surface area contributed by atoms with Crippen molar-refractivity contribution < 1.29 is 9.90 Å². The van der Waals surface area contributed by atoms with Crippen molar-refractivity contribution in [2.24, 2.45) is 0 Å². The van der Waals surface area contributed by atoms with Gasteiger partial charge in [-0.2, -0.15) is 0 Å². The summed E-state index contributed by atoms with van der Waals surface area (Å²) in [6, 6.07) is 0. The molecule has 0 fully saturated rings. The number of aliphatic carboxylic acids is 1. The van der Waals surface area contributed by atoms with Gasteiger partial charge in [0.05, 0.1) is 0 Å². The Balaban J connectivity index is 3.30. The van der Waals surface area contributed by atoms with E-state index in [0.717, 1.165) is 4.68 Å². The third kappa shape index (κ3) is 2.36. The third-order valence-corrected chi connectivity index (χ3v) is 1.98. The van der Waals surface area contributed by atoms with E-state index in [0.29, 0.717) is 0 Å². The number of nitrogen functional groups attached to an aromatic ring is 1. The Kier molecular flexibility index (Phi) is 2.97. The maximum absolute atomic E-state index is 11.8. The molecule has 7 heteroatoms. The van der Waals surface area contributed by atoms with Crippen LogP contribution in [0.3, 0.4) is 0 Å². The van der Waals surface area contributed by atoms with Crippen molar-refractivity contribution in [2.75, 3.05) is 5.84 Å². The number of aromatic nitrogens is 3. The predicted octanol–water partition coefficient (Wildman–Crippen LogP) is -0.723. The number of hydrogen-bond acceptors (Lipinski definition) is 5. The monoisotopic (exact) mass is 226 g/mol. The van der Waals surface area contributed by atoms with Crippen LogP contribution >= 0.6 is 0 Å². The fourth-order valence-electron chi connectivity index (χ4n) is 1.16. The number of carboxylic acid groups (broad SMARTS) is 1. The van der Waals surface area contributed by atoms with Crippen molar-refractivity contribution in [2.45, 2.75) is 32.6 Å². The topological polar surface area (TPSA) is 111 Å². The van der Waals surface area contributed by atoms with Crippen molar-refractivity contribution >= 4 is 5.97 Å². The lowest BCUT2D eigenvalue weighted by Crippen LogP contribution is -2.39. The molecule has 0 atom stereocenters. The van der Waals surface area contributed by atoms with Gasteiger partial charge in [0.1, 0.15) is 12.1 Å². The van der Waals surface area contributed by atoms with Crippen molar-refractivity contribution in [3.8, 4) is 0 Å². The Morgan fingerprint density at radius 2 is 2.00 bits per heavy atom. The lowest BCUT2D eigenvalue weighted by molar-refractivity contribution is -0.136. The number of rotatable bonds is 2. The molecule has 0 aliphatic rings. The average Bonchev–Trinajstić information content (AvgIpc) is 2.10. The second kappa shape index (κ2) is 3.92. The van der Waals surface area contributed by atoms with Gasteiger partial charge in [-0.15, -0.1) is 10.2 Å². The van der Waals surface area contributed by atoms with Crippen molar-refractivity contribution in [3.05, 3.63) is 21.9 Å². The molecule has 0 aliphatic carbocycles. The summed E-state index contributed by atoms with van der Waals surface area (Å²) in [5, 5.41) is 16.0. The Morgan fingerprint density at radius 3 is 2.44 bits per heavy atom. The van der Waals surface area contributed by atoms with Gasteiger partial charge in [-0.05, 0) is 0 Å². The molecule has 0 amide bonds. The molecule has 0 spiro atoms. The molecule has 3 N–H and O–H groups in total. The van der Waals surface area contributed by atoms with Crippen molar-refractivity contribution in [1.29, 1.82) is 0 Å². The SMILES string of the molecule is CC(C)(C)c1nnc(CC(=O)O)n(N)c1=O. The number of nitrogens with two attached hydrogens (primary N) is 1. The van der Waals surface area contributed by atoms with E-state index in [9.17, 15) is 9.59 Å². The first-order valence-corrected chi connectivity index (χ1v) is 4.69. The minimum absolute atomic E-state index is 0.0644. The van der Waals surface area contributed by atoms with Crippen LogP contribution < -0.4 is 11.4 Å². The van der Waals surface area contributed by atoms with Crippen LogP contribution in [-0.4, -0.2) is 25.9 Å². The molecule has 0 aliphatic heterocycles. The van der Waals surface area contributed by atoms with Crippen molar-refractivity contribution in [3.63, 3.8) is 0 Å². The Hall–Kier alpha value is -1.92. The smallest absolute Gasteiger partial charge is 0.311 e. The highest BCUT2D eigenvalue weighted by Gasteiger charge is 2.23. The summed E-state index contributed by atoms with van der Waals surface area (Å²) >= 11 is 0. The maximum Gasteiger partial charge on any atom is 0.311 e. The molecule has 7 nitrogen and oxygen atoms in total. The lowest BCUT2D eigenvalue weighted by Gasteiger charge is -2.16. The van der Waals surface area contributed by atoms with E-state index in [1.807, 2.05) is 0 Å². The van der Waals surface area contributed by atoms with Gasteiger partial charge >= 0.3 is 5.97 Å². The molecular formula is C9H14N4O3. The Morgan fingerprint density at radius 1 is 1.44 bits per heavy atom. The highest BCUT2D eigenvalue weighted by Crippen LogP contribution is 2.15. The first kappa shape index (κ1) is 12.2. The molecule has 16 heavy (non-hydrogen) atoms. The maximum atomic E-state index is 11.8. The van der Waals surface area contributed by atoms with Gasteiger partial charge in [0.15, 0.2) is 5.82 Å². The van der Waals surface area contributed by atoms with E-state index in [1.165, 1.54) is 0 Å². The van der Waals surface area contributed by atoms with Gasteiger partial charge in [-0.3, -0.25) is 9.59 Å². The van der Waals surface area contributed by atoms with Crippen LogP contribution in [-0.2, 0) is 16.6 Å². The second-order valence-electron chi connectivity index (χ2n) is 4.46. The zero-order chi connectivity index (χ0) is 12.5. The fourth-order valence-corrected chi connectivity index (χ4v) is 1.16. The van der Waals surface area contributed by atoms with Gasteiger partial charge in [-0.25, -0.2) is 4.68 Å². The van der Waals surface area contributed by atoms with E-state index in [2.05, 4.69) is 10.2 Å². The van der Waals surface area contributed by atoms with Crippen LogP contribution in [0.15, 0.2) is 4.79 Å². The lowest BCUT2D eigenvalue weighted by atomic mass is 9.93. The van der Waals surface area contributed by atoms with Crippen LogP contribution in [0.4, 0.5) is 0 Å². The molecule has 0 unspecified atom stereocenters. The predicted molar refractivity (Wildman–Crippen MR) is 56.5 cm³/mol. The van der Waals surface area contributed by atoms with E-state index < -0.39 is 23.4 Å². The highest BCUT2D eigenvalue weighted by molar-refractivity contribution is 5.68. The number of carboxylic acids is 1. The Labute approximate surface area is 91.9 Å². The van der Waals surface area contributed by atoms with Gasteiger partial charge in [-0.1, -0.05) is 20.8 Å². The number of hydrogen-bond donors (Lipinski definition) is 2. The van der Waals surface area contributed by atoms with Crippen LogP contribution in [0, 0.1) is 0 Å². The summed E-state index contributed by atoms with van der Waals surface area (Å²) in [6.45, 7) is 5.40. The molecule has 0 bridgehead atoms. The molecule has 1 rings (SSSR count). The molecule has 0 aromatic carbocycles. The average molecular weight is 226 g/mol. The van der Waals surface area contributed by atoms with Gasteiger partial charge < -0.3 is 10.9 Å². The third-order valence-electron chi connectivity index (χ3n) is 1.98. The molecule has 88 valence electrons. The van der Waals surface area contributed by atoms with Crippen molar-refractivity contribution in [1.82, 2.24) is 14.9 Å². The van der Waals surface area contributed by atoms with Crippen LogP contribution in [0.25, 0.3) is 0 Å². The summed E-state index contributed by atoms with van der Waals surface area (Å²) in [5.74, 6) is 4.29. The largest absolute Gasteiger partial charge is 0.481 e. The number of carbonyl (C=O) groups is 1. The zero-order valence-corrected chi connectivity index (χ0v) is 9.39. The molecule has 1 aromatic heterocycles. The summed E-state index contributed by atoms with van der Waals surface area (Å²) in [7, 11) is 0. The molecule has 0 radical (unpaired) electrons. The molecule has 1 aromatic rings. The summed E-state index contributed by atoms with van der Waals surface area (Å²) < 4.78 is 0.738. The van der Waals surface area contributed by atoms with Crippen LogP contribution in [0.2, 0.25) is 0 Å². The highest BCUT2D eigenvalue weighted by atomic mass is 16.4. The first-order chi connectivity index (χ1) is 7.23. The van der Waals surface area contributed by atoms with Gasteiger partial charge in [0, 0.05) is 5.41 Å². The number of nitrogens with zero attached hydrogens (tertiary/aromatic N) is 3. The minimum Gasteiger partial charge on any atom is -0.481 e. The zero-order valence-electron chi connectivity index (χ0n) is 9.39. The Bertz CT molecular complexity index is 473. The van der Waals surface area contributed by atoms with E-state index in [-0.39, 0.29) is 11.5 Å². The molecule has 0 saturated carbocycles. The van der Waals surface area contributed by atoms with Crippen LogP contribution in [0.1, 0.15) is 32.3 Å². The summed E-state index contributed by atoms with van der Waals surface area (Å²) in [6.07, 6.45) is -0.427. The molecule has 1 heterocycles. The fraction of sp³-hybridized carbons (Fsp3) is 0.556. The van der Waals surface area contributed by atoms with E-state index in [4.69, 9.17) is 10.9 Å². The standard InChI is InChI=1S/C9H14N4O3/c1-9(2,3)7-8(16)13(10)5(11-12-7)4-6(14)15/h4,10H2,1-3H3,(H,14,15). The van der Waals surface area contributed by atoms with Gasteiger partial charge in [0.25, 0.3) is 5.56 Å². The van der Waals surface area contributed by atoms with Gasteiger partial charge in [0.2, 0.25) is 0 Å². The molecular weight excluding hydrogens is 212 g/mol. The normalized spacial score (nSPS) is 11.4. The molecule has 0 saturated heterocycles. The quantitative estimate of drug-likeness (QED) is 0.643.